The van der Waals surface area contributed by atoms with E-state index in [9.17, 15) is 9.59 Å². The molecule has 1 saturated carbocycles. The van der Waals surface area contributed by atoms with E-state index in [-0.39, 0.29) is 5.82 Å². The Bertz CT molecular complexity index is 421. The summed E-state index contributed by atoms with van der Waals surface area (Å²) < 4.78 is 0. The summed E-state index contributed by atoms with van der Waals surface area (Å²) in [5.74, 6) is -0.815. The van der Waals surface area contributed by atoms with Crippen molar-refractivity contribution in [3.8, 4) is 0 Å². The van der Waals surface area contributed by atoms with E-state index in [1.54, 1.807) is 0 Å². The van der Waals surface area contributed by atoms with Crippen molar-refractivity contribution >= 4 is 11.8 Å². The number of rotatable bonds is 3. The Balaban J connectivity index is 2.15. The van der Waals surface area contributed by atoms with Crippen molar-refractivity contribution in [2.24, 2.45) is 5.73 Å². The molecule has 1 aromatic heterocycles. The number of hydrogen-bond acceptors (Lipinski definition) is 4. The first kappa shape index (κ1) is 12.5. The van der Waals surface area contributed by atoms with Gasteiger partial charge in [0.2, 0.25) is 11.7 Å². The maximum Gasteiger partial charge on any atom is 0.289 e. The lowest BCUT2D eigenvalue weighted by molar-refractivity contribution is -0.124. The van der Waals surface area contributed by atoms with Crippen LogP contribution in [0.1, 0.15) is 49.1 Å². The van der Waals surface area contributed by atoms with Crippen LogP contribution in [0.2, 0.25) is 0 Å². The van der Waals surface area contributed by atoms with Gasteiger partial charge in [0, 0.05) is 0 Å². The number of primary amides is 1. The van der Waals surface area contributed by atoms with Crippen LogP contribution < -0.4 is 11.1 Å². The molecule has 0 radical (unpaired) electrons. The van der Waals surface area contributed by atoms with Crippen molar-refractivity contribution in [3.63, 3.8) is 0 Å². The highest BCUT2D eigenvalue weighted by molar-refractivity contribution is 5.96. The van der Waals surface area contributed by atoms with Crippen LogP contribution in [0, 0.1) is 0 Å². The molecule has 0 aromatic carbocycles. The standard InChI is InChI=1S/C11H17N5O2/c12-10(18)11(5-3-1-2-4-6-11)15-9(17)8-13-7-14-16-8/h7H,1-6H2,(H2,12,18)(H,15,17)(H,13,14,16). The molecule has 1 aliphatic rings. The number of carbonyl (C=O) groups is 2. The molecule has 2 rings (SSSR count). The number of nitrogens with two attached hydrogens (primary N) is 1. The Labute approximate surface area is 105 Å². The van der Waals surface area contributed by atoms with Crippen LogP contribution in [-0.2, 0) is 4.79 Å². The number of H-pyrrole nitrogens is 1. The van der Waals surface area contributed by atoms with Gasteiger partial charge in [0.05, 0.1) is 0 Å². The summed E-state index contributed by atoms with van der Waals surface area (Å²) in [6, 6.07) is 0. The summed E-state index contributed by atoms with van der Waals surface area (Å²) in [4.78, 5) is 27.4. The third-order valence-electron chi connectivity index (χ3n) is 3.41. The molecule has 0 atom stereocenters. The minimum atomic E-state index is -0.944. The fourth-order valence-corrected chi connectivity index (χ4v) is 2.36. The predicted octanol–water partition coefficient (Wildman–Crippen LogP) is 0.113. The van der Waals surface area contributed by atoms with E-state index in [1.165, 1.54) is 6.33 Å². The summed E-state index contributed by atoms with van der Waals surface area (Å²) in [5.41, 5.74) is 4.53. The number of nitrogens with zero attached hydrogens (tertiary/aromatic N) is 2. The molecule has 0 aliphatic heterocycles. The van der Waals surface area contributed by atoms with Gasteiger partial charge in [0.1, 0.15) is 11.9 Å². The first-order valence-electron chi connectivity index (χ1n) is 6.12. The monoisotopic (exact) mass is 251 g/mol. The van der Waals surface area contributed by atoms with Gasteiger partial charge in [-0.05, 0) is 12.8 Å². The molecule has 0 saturated heterocycles. The van der Waals surface area contributed by atoms with E-state index >= 15 is 0 Å². The third-order valence-corrected chi connectivity index (χ3v) is 3.41. The summed E-state index contributed by atoms with van der Waals surface area (Å²) in [7, 11) is 0. The van der Waals surface area contributed by atoms with Crippen molar-refractivity contribution < 1.29 is 9.59 Å². The second kappa shape index (κ2) is 5.16. The Hall–Kier alpha value is -1.92. The van der Waals surface area contributed by atoms with Crippen LogP contribution in [0.5, 0.6) is 0 Å². The van der Waals surface area contributed by atoms with Gasteiger partial charge in [0.15, 0.2) is 0 Å². The molecule has 0 bridgehead atoms. The highest BCUT2D eigenvalue weighted by Gasteiger charge is 2.38. The summed E-state index contributed by atoms with van der Waals surface area (Å²) >= 11 is 0. The van der Waals surface area contributed by atoms with Crippen molar-refractivity contribution in [1.82, 2.24) is 20.5 Å². The molecule has 7 nitrogen and oxygen atoms in total. The van der Waals surface area contributed by atoms with Crippen LogP contribution in [0.4, 0.5) is 0 Å². The van der Waals surface area contributed by atoms with Crippen LogP contribution in [0.3, 0.4) is 0 Å². The van der Waals surface area contributed by atoms with E-state index < -0.39 is 17.4 Å². The van der Waals surface area contributed by atoms with Crippen LogP contribution in [-0.4, -0.2) is 32.5 Å². The number of carbonyl (C=O) groups excluding carboxylic acids is 2. The predicted molar refractivity (Wildman–Crippen MR) is 63.5 cm³/mol. The zero-order chi connectivity index (χ0) is 13.0. The number of hydrogen-bond donors (Lipinski definition) is 3. The molecule has 1 heterocycles. The molecular weight excluding hydrogens is 234 g/mol. The normalized spacial score (nSPS) is 18.9. The lowest BCUT2D eigenvalue weighted by Crippen LogP contribution is -2.57. The SMILES string of the molecule is NC(=O)C1(NC(=O)c2ncn[nH]2)CCCCCC1. The second-order valence-corrected chi connectivity index (χ2v) is 4.65. The number of nitrogens with one attached hydrogen (secondary N) is 2. The van der Waals surface area contributed by atoms with Gasteiger partial charge in [-0.1, -0.05) is 25.7 Å². The van der Waals surface area contributed by atoms with Gasteiger partial charge in [-0.2, -0.15) is 5.10 Å². The first-order chi connectivity index (χ1) is 8.64. The van der Waals surface area contributed by atoms with Gasteiger partial charge in [0.25, 0.3) is 5.91 Å². The van der Waals surface area contributed by atoms with Crippen molar-refractivity contribution in [2.75, 3.05) is 0 Å². The fraction of sp³-hybridized carbons (Fsp3) is 0.636. The molecule has 18 heavy (non-hydrogen) atoms. The van der Waals surface area contributed by atoms with E-state index in [2.05, 4.69) is 20.5 Å². The van der Waals surface area contributed by atoms with E-state index in [0.717, 1.165) is 25.7 Å². The van der Waals surface area contributed by atoms with Crippen molar-refractivity contribution in [2.45, 2.75) is 44.1 Å². The second-order valence-electron chi connectivity index (χ2n) is 4.65. The molecule has 2 amide bonds. The zero-order valence-corrected chi connectivity index (χ0v) is 10.1. The Morgan fingerprint density at radius 2 is 1.94 bits per heavy atom. The summed E-state index contributed by atoms with van der Waals surface area (Å²) in [6.45, 7) is 0. The zero-order valence-electron chi connectivity index (χ0n) is 10.1. The van der Waals surface area contributed by atoms with E-state index in [4.69, 9.17) is 5.73 Å². The topological polar surface area (TPSA) is 114 Å². The molecule has 0 unspecified atom stereocenters. The molecule has 4 N–H and O–H groups in total. The Kier molecular flexibility index (Phi) is 3.59. The smallest absolute Gasteiger partial charge is 0.289 e. The fourth-order valence-electron chi connectivity index (χ4n) is 2.36. The molecule has 0 spiro atoms. The molecule has 1 aromatic rings. The Morgan fingerprint density at radius 1 is 1.28 bits per heavy atom. The van der Waals surface area contributed by atoms with Crippen LogP contribution >= 0.6 is 0 Å². The number of amides is 2. The van der Waals surface area contributed by atoms with Gasteiger partial charge < -0.3 is 11.1 Å². The lowest BCUT2D eigenvalue weighted by atomic mass is 9.89. The minimum Gasteiger partial charge on any atom is -0.368 e. The maximum atomic E-state index is 11.9. The first-order valence-corrected chi connectivity index (χ1v) is 6.12. The molecule has 7 heteroatoms. The quantitative estimate of drug-likeness (QED) is 0.661. The van der Waals surface area contributed by atoms with Crippen molar-refractivity contribution in [1.29, 1.82) is 0 Å². The number of aromatic nitrogens is 3. The summed E-state index contributed by atoms with van der Waals surface area (Å²) in [5, 5.41) is 8.81. The largest absolute Gasteiger partial charge is 0.368 e. The summed E-state index contributed by atoms with van der Waals surface area (Å²) in [6.07, 6.45) is 6.32. The van der Waals surface area contributed by atoms with Crippen molar-refractivity contribution in [3.05, 3.63) is 12.2 Å². The average molecular weight is 251 g/mol. The van der Waals surface area contributed by atoms with E-state index in [0.29, 0.717) is 12.8 Å². The van der Waals surface area contributed by atoms with E-state index in [1.807, 2.05) is 0 Å². The molecular formula is C11H17N5O2. The van der Waals surface area contributed by atoms with Gasteiger partial charge in [-0.15, -0.1) is 0 Å². The third kappa shape index (κ3) is 2.49. The molecule has 98 valence electrons. The number of aromatic amines is 1. The average Bonchev–Trinajstić information content (AvgIpc) is 2.77. The minimum absolute atomic E-state index is 0.0971. The van der Waals surface area contributed by atoms with Crippen LogP contribution in [0.15, 0.2) is 6.33 Å². The van der Waals surface area contributed by atoms with Gasteiger partial charge >= 0.3 is 0 Å². The maximum absolute atomic E-state index is 11.9. The highest BCUT2D eigenvalue weighted by atomic mass is 16.2. The molecule has 1 fully saturated rings. The Morgan fingerprint density at radius 3 is 2.44 bits per heavy atom. The highest BCUT2D eigenvalue weighted by Crippen LogP contribution is 2.27. The van der Waals surface area contributed by atoms with Gasteiger partial charge in [-0.3, -0.25) is 14.7 Å². The van der Waals surface area contributed by atoms with Gasteiger partial charge in [-0.25, -0.2) is 4.98 Å². The lowest BCUT2D eigenvalue weighted by Gasteiger charge is -2.29. The van der Waals surface area contributed by atoms with Crippen LogP contribution in [0.25, 0.3) is 0 Å². The molecule has 1 aliphatic carbocycles.